The van der Waals surface area contributed by atoms with E-state index in [4.69, 9.17) is 9.47 Å². The van der Waals surface area contributed by atoms with Gasteiger partial charge in [-0.15, -0.1) is 0 Å². The highest BCUT2D eigenvalue weighted by atomic mass is 19.1. The minimum atomic E-state index is -0.964. The fourth-order valence-electron chi connectivity index (χ4n) is 4.29. The summed E-state index contributed by atoms with van der Waals surface area (Å²) in [5.74, 6) is 0.281. The Bertz CT molecular complexity index is 949. The van der Waals surface area contributed by atoms with E-state index < -0.39 is 5.60 Å². The summed E-state index contributed by atoms with van der Waals surface area (Å²) in [4.78, 5) is 29.6. The van der Waals surface area contributed by atoms with Crippen LogP contribution in [0.25, 0.3) is 0 Å². The SMILES string of the molecule is CN(Cc1ccccc1)C(=O)C[C@]1(COc2ccc(F)cc2)CN(C(=O)C2CCC2)CCO1. The van der Waals surface area contributed by atoms with Gasteiger partial charge < -0.3 is 19.3 Å². The van der Waals surface area contributed by atoms with E-state index in [9.17, 15) is 14.0 Å². The van der Waals surface area contributed by atoms with Gasteiger partial charge in [0.05, 0.1) is 19.6 Å². The normalized spacial score (nSPS) is 20.7. The second-order valence-electron chi connectivity index (χ2n) is 9.07. The van der Waals surface area contributed by atoms with Crippen LogP contribution in [-0.2, 0) is 20.9 Å². The number of carbonyl (C=O) groups excluding carboxylic acids is 2. The van der Waals surface area contributed by atoms with Crippen LogP contribution in [0.3, 0.4) is 0 Å². The number of amides is 2. The molecule has 1 aliphatic carbocycles. The van der Waals surface area contributed by atoms with Crippen molar-refractivity contribution in [2.75, 3.05) is 33.4 Å². The van der Waals surface area contributed by atoms with Crippen LogP contribution in [-0.4, -0.2) is 60.6 Å². The molecule has 6 nitrogen and oxygen atoms in total. The van der Waals surface area contributed by atoms with Gasteiger partial charge in [0.15, 0.2) is 0 Å². The fraction of sp³-hybridized carbons (Fsp3) is 0.462. The molecule has 33 heavy (non-hydrogen) atoms. The standard InChI is InChI=1S/C26H31FN2O4/c1-28(17-20-6-3-2-4-7-20)24(30)16-26(19-32-23-12-10-22(27)11-13-23)18-29(14-15-33-26)25(31)21-8-5-9-21/h2-4,6-7,10-13,21H,5,8-9,14-19H2,1H3/t26-/m1/s1. The van der Waals surface area contributed by atoms with Gasteiger partial charge >= 0.3 is 0 Å². The molecule has 0 bridgehead atoms. The highest BCUT2D eigenvalue weighted by Gasteiger charge is 2.43. The Balaban J connectivity index is 1.47. The molecule has 2 amide bonds. The van der Waals surface area contributed by atoms with Gasteiger partial charge in [-0.1, -0.05) is 36.8 Å². The minimum Gasteiger partial charge on any atom is -0.490 e. The van der Waals surface area contributed by atoms with Crippen molar-refractivity contribution in [1.29, 1.82) is 0 Å². The molecule has 4 rings (SSSR count). The summed E-state index contributed by atoms with van der Waals surface area (Å²) in [6.07, 6.45) is 3.02. The lowest BCUT2D eigenvalue weighted by Gasteiger charge is -2.44. The van der Waals surface area contributed by atoms with Crippen molar-refractivity contribution in [3.8, 4) is 5.75 Å². The Hall–Kier alpha value is -2.93. The van der Waals surface area contributed by atoms with Gasteiger partial charge in [-0.2, -0.15) is 0 Å². The second kappa shape index (κ2) is 10.3. The zero-order valence-corrected chi connectivity index (χ0v) is 19.0. The number of hydrogen-bond donors (Lipinski definition) is 0. The summed E-state index contributed by atoms with van der Waals surface area (Å²) in [6.45, 7) is 1.74. The Labute approximate surface area is 194 Å². The number of morpholine rings is 1. The third-order valence-electron chi connectivity index (χ3n) is 6.49. The first-order chi connectivity index (χ1) is 15.9. The van der Waals surface area contributed by atoms with Gasteiger partial charge in [0.2, 0.25) is 11.8 Å². The third kappa shape index (κ3) is 5.90. The molecule has 2 aromatic rings. The molecule has 1 heterocycles. The van der Waals surface area contributed by atoms with Crippen molar-refractivity contribution < 1.29 is 23.5 Å². The maximum atomic E-state index is 13.3. The van der Waals surface area contributed by atoms with Crippen LogP contribution in [0.2, 0.25) is 0 Å². The van der Waals surface area contributed by atoms with E-state index in [1.165, 1.54) is 12.1 Å². The molecule has 2 aromatic carbocycles. The molecular formula is C26H31FN2O4. The van der Waals surface area contributed by atoms with Gasteiger partial charge in [0.25, 0.3) is 0 Å². The van der Waals surface area contributed by atoms with Gasteiger partial charge in [-0.05, 0) is 42.7 Å². The zero-order chi connectivity index (χ0) is 23.3. The van der Waals surface area contributed by atoms with Crippen LogP contribution in [0.1, 0.15) is 31.2 Å². The largest absolute Gasteiger partial charge is 0.490 e. The van der Waals surface area contributed by atoms with Crippen molar-refractivity contribution in [2.45, 2.75) is 37.8 Å². The van der Waals surface area contributed by atoms with Crippen LogP contribution < -0.4 is 4.74 Å². The number of halogens is 1. The predicted molar refractivity (Wildman–Crippen MR) is 122 cm³/mol. The Morgan fingerprint density at radius 1 is 1.15 bits per heavy atom. The first-order valence-electron chi connectivity index (χ1n) is 11.5. The van der Waals surface area contributed by atoms with E-state index in [0.717, 1.165) is 24.8 Å². The summed E-state index contributed by atoms with van der Waals surface area (Å²) < 4.78 is 25.4. The van der Waals surface area contributed by atoms with Gasteiger partial charge in [0, 0.05) is 26.1 Å². The van der Waals surface area contributed by atoms with Gasteiger partial charge in [0.1, 0.15) is 23.8 Å². The first-order valence-corrected chi connectivity index (χ1v) is 11.5. The van der Waals surface area contributed by atoms with Crippen LogP contribution >= 0.6 is 0 Å². The average Bonchev–Trinajstić information content (AvgIpc) is 2.78. The maximum Gasteiger partial charge on any atom is 0.225 e. The number of benzene rings is 2. The van der Waals surface area contributed by atoms with E-state index >= 15 is 0 Å². The highest BCUT2D eigenvalue weighted by Crippen LogP contribution is 2.31. The van der Waals surface area contributed by atoms with Crippen LogP contribution in [0.15, 0.2) is 54.6 Å². The number of rotatable bonds is 8. The van der Waals surface area contributed by atoms with Crippen LogP contribution in [0.4, 0.5) is 4.39 Å². The van der Waals surface area contributed by atoms with E-state index in [-0.39, 0.29) is 36.6 Å². The molecular weight excluding hydrogens is 423 g/mol. The summed E-state index contributed by atoms with van der Waals surface area (Å²) in [5.41, 5.74) is 0.0740. The maximum absolute atomic E-state index is 13.3. The monoisotopic (exact) mass is 454 g/mol. The molecule has 0 aromatic heterocycles. The van der Waals surface area contributed by atoms with Gasteiger partial charge in [-0.25, -0.2) is 4.39 Å². The smallest absolute Gasteiger partial charge is 0.225 e. The second-order valence-corrected chi connectivity index (χ2v) is 9.07. The molecule has 0 radical (unpaired) electrons. The minimum absolute atomic E-state index is 0.0790. The lowest BCUT2D eigenvalue weighted by Crippen LogP contribution is -2.59. The van der Waals surface area contributed by atoms with Crippen LogP contribution in [0, 0.1) is 11.7 Å². The van der Waals surface area contributed by atoms with Crippen molar-refractivity contribution in [1.82, 2.24) is 9.80 Å². The molecule has 1 saturated carbocycles. The Kier molecular flexibility index (Phi) is 7.28. The fourth-order valence-corrected chi connectivity index (χ4v) is 4.29. The molecule has 2 aliphatic rings. The predicted octanol–water partition coefficient (Wildman–Crippen LogP) is 3.65. The Morgan fingerprint density at radius 2 is 1.88 bits per heavy atom. The quantitative estimate of drug-likeness (QED) is 0.611. The molecule has 1 atom stereocenters. The van der Waals surface area contributed by atoms with Crippen molar-refractivity contribution >= 4 is 11.8 Å². The molecule has 0 spiro atoms. The third-order valence-corrected chi connectivity index (χ3v) is 6.49. The number of ether oxygens (including phenoxy) is 2. The number of carbonyl (C=O) groups is 2. The van der Waals surface area contributed by atoms with Gasteiger partial charge in [-0.3, -0.25) is 9.59 Å². The van der Waals surface area contributed by atoms with Crippen molar-refractivity contribution in [2.24, 2.45) is 5.92 Å². The zero-order valence-electron chi connectivity index (χ0n) is 19.0. The molecule has 0 N–H and O–H groups in total. The van der Waals surface area contributed by atoms with E-state index in [0.29, 0.717) is 32.0 Å². The number of hydrogen-bond acceptors (Lipinski definition) is 4. The van der Waals surface area contributed by atoms with Crippen LogP contribution in [0.5, 0.6) is 5.75 Å². The summed E-state index contributed by atoms with van der Waals surface area (Å²) >= 11 is 0. The molecule has 1 aliphatic heterocycles. The molecule has 7 heteroatoms. The number of nitrogens with zero attached hydrogens (tertiary/aromatic N) is 2. The van der Waals surface area contributed by atoms with Crippen molar-refractivity contribution in [3.05, 3.63) is 66.0 Å². The van der Waals surface area contributed by atoms with Crippen molar-refractivity contribution in [3.63, 3.8) is 0 Å². The first kappa shape index (κ1) is 23.2. The lowest BCUT2D eigenvalue weighted by atomic mass is 9.83. The topological polar surface area (TPSA) is 59.1 Å². The molecule has 0 unspecified atom stereocenters. The van der Waals surface area contributed by atoms with E-state index in [2.05, 4.69) is 0 Å². The molecule has 1 saturated heterocycles. The summed E-state index contributed by atoms with van der Waals surface area (Å²) in [5, 5.41) is 0. The highest BCUT2D eigenvalue weighted by molar-refractivity contribution is 5.80. The van der Waals surface area contributed by atoms with E-state index in [1.54, 1.807) is 24.1 Å². The molecule has 2 fully saturated rings. The Morgan fingerprint density at radius 3 is 2.55 bits per heavy atom. The lowest BCUT2D eigenvalue weighted by molar-refractivity contribution is -0.169. The summed E-state index contributed by atoms with van der Waals surface area (Å²) in [7, 11) is 1.77. The average molecular weight is 455 g/mol. The van der Waals surface area contributed by atoms with E-state index in [1.807, 2.05) is 35.2 Å². The summed E-state index contributed by atoms with van der Waals surface area (Å²) in [6, 6.07) is 15.5. The molecule has 176 valence electrons.